The second-order valence-electron chi connectivity index (χ2n) is 9.04. The molecule has 0 aliphatic rings. The van der Waals surface area contributed by atoms with Gasteiger partial charge in [-0.3, -0.25) is 4.79 Å². The lowest BCUT2D eigenvalue weighted by atomic mass is 10.1. The molecule has 186 valence electrons. The highest BCUT2D eigenvalue weighted by Gasteiger charge is 2.04. The quantitative estimate of drug-likeness (QED) is 0.136. The van der Waals surface area contributed by atoms with Crippen molar-refractivity contribution in [2.75, 3.05) is 18.5 Å². The topological polar surface area (TPSA) is 47.6 Å². The molecule has 0 amide bonds. The Kier molecular flexibility index (Phi) is 13.6. The smallest absolute Gasteiger partial charge is 0.187 e. The van der Waals surface area contributed by atoms with Gasteiger partial charge in [0.15, 0.2) is 5.78 Å². The number of ketones is 1. The Morgan fingerprint density at radius 2 is 1.41 bits per heavy atom. The first-order valence-corrected chi connectivity index (χ1v) is 13.1. The minimum Gasteiger partial charge on any atom is -0.494 e. The monoisotopic (exact) mass is 465 g/mol. The van der Waals surface area contributed by atoms with Gasteiger partial charge in [-0.25, -0.2) is 0 Å². The van der Waals surface area contributed by atoms with Gasteiger partial charge >= 0.3 is 0 Å². The molecule has 0 aliphatic heterocycles. The van der Waals surface area contributed by atoms with Crippen molar-refractivity contribution in [2.24, 2.45) is 5.92 Å². The third-order valence-corrected chi connectivity index (χ3v) is 5.98. The highest BCUT2D eigenvalue weighted by molar-refractivity contribution is 6.04. The van der Waals surface area contributed by atoms with Gasteiger partial charge in [0.1, 0.15) is 11.5 Å². The van der Waals surface area contributed by atoms with Crippen molar-refractivity contribution in [1.29, 1.82) is 0 Å². The zero-order valence-electron chi connectivity index (χ0n) is 21.4. The number of allylic oxidation sites excluding steroid dienone is 1. The Morgan fingerprint density at radius 3 is 2.06 bits per heavy atom. The van der Waals surface area contributed by atoms with Gasteiger partial charge in [0.05, 0.1) is 13.2 Å². The van der Waals surface area contributed by atoms with E-state index in [0.29, 0.717) is 18.1 Å². The van der Waals surface area contributed by atoms with E-state index >= 15 is 0 Å². The molecular weight excluding hydrogens is 422 g/mol. The number of hydrogen-bond acceptors (Lipinski definition) is 4. The molecular formula is C30H43NO3. The van der Waals surface area contributed by atoms with Crippen LogP contribution >= 0.6 is 0 Å². The van der Waals surface area contributed by atoms with Gasteiger partial charge in [-0.1, -0.05) is 72.1 Å². The van der Waals surface area contributed by atoms with Crippen molar-refractivity contribution < 1.29 is 14.3 Å². The predicted octanol–water partition coefficient (Wildman–Crippen LogP) is 8.44. The molecule has 0 fully saturated rings. The van der Waals surface area contributed by atoms with Crippen LogP contribution in [0.4, 0.5) is 5.69 Å². The third-order valence-electron chi connectivity index (χ3n) is 5.98. The minimum absolute atomic E-state index is 0.0497. The van der Waals surface area contributed by atoms with Crippen molar-refractivity contribution in [1.82, 2.24) is 0 Å². The molecule has 4 heteroatoms. The zero-order valence-corrected chi connectivity index (χ0v) is 21.4. The van der Waals surface area contributed by atoms with Gasteiger partial charge < -0.3 is 14.8 Å². The van der Waals surface area contributed by atoms with E-state index < -0.39 is 0 Å². The number of carbonyl (C=O) groups excluding carboxylic acids is 1. The summed E-state index contributed by atoms with van der Waals surface area (Å²) in [6, 6.07) is 15.1. The van der Waals surface area contributed by atoms with Crippen LogP contribution in [-0.2, 0) is 0 Å². The molecule has 4 nitrogen and oxygen atoms in total. The summed E-state index contributed by atoms with van der Waals surface area (Å²) in [5, 5.41) is 3.15. The number of nitrogens with one attached hydrogen (secondary N) is 1. The van der Waals surface area contributed by atoms with Crippen LogP contribution in [0, 0.1) is 5.92 Å². The van der Waals surface area contributed by atoms with E-state index in [1.54, 1.807) is 24.4 Å². The van der Waals surface area contributed by atoms with Crippen molar-refractivity contribution in [3.05, 3.63) is 66.4 Å². The van der Waals surface area contributed by atoms with Gasteiger partial charge in [-0.15, -0.1) is 0 Å². The summed E-state index contributed by atoms with van der Waals surface area (Å²) in [5.41, 5.74) is 1.55. The number of unbranched alkanes of at least 4 members (excludes halogenated alkanes) is 7. The van der Waals surface area contributed by atoms with Crippen LogP contribution in [0.1, 0.15) is 88.9 Å². The SMILES string of the molecule is CCCCCCCCCCOc1ccc(N/C=C/C(=O)c2ccc(OC[C@@H](C)CC)cc2)cc1. The molecule has 0 saturated heterocycles. The Hall–Kier alpha value is -2.75. The fourth-order valence-corrected chi connectivity index (χ4v) is 3.45. The van der Waals surface area contributed by atoms with Crippen molar-refractivity contribution in [2.45, 2.75) is 78.6 Å². The van der Waals surface area contributed by atoms with Crippen LogP contribution in [0.15, 0.2) is 60.8 Å². The molecule has 1 atom stereocenters. The summed E-state index contributed by atoms with van der Waals surface area (Å²) in [7, 11) is 0. The largest absolute Gasteiger partial charge is 0.494 e. The van der Waals surface area contributed by atoms with E-state index in [0.717, 1.165) is 36.6 Å². The maximum atomic E-state index is 12.4. The minimum atomic E-state index is -0.0497. The normalized spacial score (nSPS) is 12.0. The number of rotatable bonds is 18. The number of anilines is 1. The Bertz CT molecular complexity index is 827. The molecule has 0 spiro atoms. The Morgan fingerprint density at radius 1 is 0.824 bits per heavy atom. The number of ether oxygens (including phenoxy) is 2. The maximum Gasteiger partial charge on any atom is 0.187 e. The lowest BCUT2D eigenvalue weighted by Gasteiger charge is -2.10. The van der Waals surface area contributed by atoms with Crippen molar-refractivity contribution in [3.8, 4) is 11.5 Å². The average Bonchev–Trinajstić information content (AvgIpc) is 2.87. The number of carbonyl (C=O) groups is 1. The molecule has 0 bridgehead atoms. The van der Waals surface area contributed by atoms with Crippen LogP contribution in [0.3, 0.4) is 0 Å². The van der Waals surface area contributed by atoms with Crippen LogP contribution in [0.5, 0.6) is 11.5 Å². The molecule has 0 heterocycles. The Balaban J connectivity index is 1.64. The summed E-state index contributed by atoms with van der Waals surface area (Å²) in [6.45, 7) is 8.02. The van der Waals surface area contributed by atoms with Crippen molar-refractivity contribution in [3.63, 3.8) is 0 Å². The molecule has 2 aromatic carbocycles. The summed E-state index contributed by atoms with van der Waals surface area (Å²) in [5.74, 6) is 2.14. The second-order valence-corrected chi connectivity index (χ2v) is 9.04. The van der Waals surface area contributed by atoms with Crippen molar-refractivity contribution >= 4 is 11.5 Å². The van der Waals surface area contributed by atoms with E-state index in [4.69, 9.17) is 9.47 Å². The van der Waals surface area contributed by atoms with E-state index in [9.17, 15) is 4.79 Å². The summed E-state index contributed by atoms with van der Waals surface area (Å²) in [6.07, 6.45) is 14.7. The standard InChI is InChI=1S/C30H43NO3/c1-4-6-7-8-9-10-11-12-23-33-28-19-15-27(16-20-28)31-22-21-30(32)26-13-17-29(18-14-26)34-24-25(3)5-2/h13-22,25,31H,4-12,23-24H2,1-3H3/b22-21+/t25-/m0/s1. The van der Waals surface area contributed by atoms with Gasteiger partial charge in [0.25, 0.3) is 0 Å². The lowest BCUT2D eigenvalue weighted by Crippen LogP contribution is -2.07. The fraction of sp³-hybridized carbons (Fsp3) is 0.500. The maximum absolute atomic E-state index is 12.4. The first kappa shape index (κ1) is 27.5. The zero-order chi connectivity index (χ0) is 24.4. The van der Waals surface area contributed by atoms with Crippen LogP contribution in [-0.4, -0.2) is 19.0 Å². The van der Waals surface area contributed by atoms with Gasteiger partial charge in [-0.05, 0) is 60.9 Å². The molecule has 0 radical (unpaired) electrons. The summed E-state index contributed by atoms with van der Waals surface area (Å²) >= 11 is 0. The number of benzene rings is 2. The van der Waals surface area contributed by atoms with Crippen LogP contribution in [0.25, 0.3) is 0 Å². The third kappa shape index (κ3) is 11.4. The highest BCUT2D eigenvalue weighted by atomic mass is 16.5. The summed E-state index contributed by atoms with van der Waals surface area (Å²) in [4.78, 5) is 12.4. The molecule has 0 saturated carbocycles. The van der Waals surface area contributed by atoms with Crippen LogP contribution < -0.4 is 14.8 Å². The van der Waals surface area contributed by atoms with E-state index in [1.165, 1.54) is 44.9 Å². The highest BCUT2D eigenvalue weighted by Crippen LogP contribution is 2.17. The molecule has 2 rings (SSSR count). The van der Waals surface area contributed by atoms with Crippen LogP contribution in [0.2, 0.25) is 0 Å². The second kappa shape index (κ2) is 16.8. The average molecular weight is 466 g/mol. The van der Waals surface area contributed by atoms with E-state index in [-0.39, 0.29) is 5.78 Å². The molecule has 2 aromatic rings. The first-order valence-electron chi connectivity index (χ1n) is 13.1. The predicted molar refractivity (Wildman–Crippen MR) is 143 cm³/mol. The summed E-state index contributed by atoms with van der Waals surface area (Å²) < 4.78 is 11.6. The molecule has 34 heavy (non-hydrogen) atoms. The molecule has 1 N–H and O–H groups in total. The lowest BCUT2D eigenvalue weighted by molar-refractivity contribution is 0.104. The van der Waals surface area contributed by atoms with Gasteiger partial charge in [0, 0.05) is 23.5 Å². The molecule has 0 unspecified atom stereocenters. The van der Waals surface area contributed by atoms with E-state index in [1.807, 2.05) is 36.4 Å². The molecule has 0 aliphatic carbocycles. The van der Waals surface area contributed by atoms with E-state index in [2.05, 4.69) is 26.1 Å². The Labute approximate surface area is 206 Å². The van der Waals surface area contributed by atoms with Gasteiger partial charge in [0.2, 0.25) is 0 Å². The first-order chi connectivity index (χ1) is 16.6. The fourth-order valence-electron chi connectivity index (χ4n) is 3.45. The molecule has 0 aromatic heterocycles. The number of hydrogen-bond donors (Lipinski definition) is 1. The van der Waals surface area contributed by atoms with Gasteiger partial charge in [-0.2, -0.15) is 0 Å².